The molecule has 16 heavy (non-hydrogen) atoms. The van der Waals surface area contributed by atoms with E-state index in [1.54, 1.807) is 0 Å². The van der Waals surface area contributed by atoms with Gasteiger partial charge in [-0.2, -0.15) is 12.6 Å². The second-order valence-corrected chi connectivity index (χ2v) is 4.59. The largest absolute Gasteiger partial charge is 0.530 e. The summed E-state index contributed by atoms with van der Waals surface area (Å²) in [7, 11) is 0. The van der Waals surface area contributed by atoms with Crippen molar-refractivity contribution in [1.82, 2.24) is 4.90 Å². The van der Waals surface area contributed by atoms with Crippen LogP contribution in [0.4, 0.5) is 4.79 Å². The molecule has 0 fully saturated rings. The van der Waals surface area contributed by atoms with Crippen LogP contribution in [0, 0.1) is 0 Å². The Morgan fingerprint density at radius 1 is 1.38 bits per heavy atom. The lowest BCUT2D eigenvalue weighted by Gasteiger charge is -2.32. The predicted molar refractivity (Wildman–Crippen MR) is 71.1 cm³/mol. The average molecular weight is 287 g/mol. The number of carbonyl (C=O) groups excluding carboxylic acids is 1. The van der Waals surface area contributed by atoms with E-state index in [-0.39, 0.29) is 12.1 Å². The van der Waals surface area contributed by atoms with Gasteiger partial charge in [0.1, 0.15) is 6.09 Å². The van der Waals surface area contributed by atoms with Crippen LogP contribution in [-0.2, 0) is 0 Å². The maximum atomic E-state index is 10.4. The zero-order chi connectivity index (χ0) is 13.3. The first-order valence-corrected chi connectivity index (χ1v) is 6.27. The van der Waals surface area contributed by atoms with Gasteiger partial charge in [-0.25, -0.2) is 0 Å². The number of thiol groups is 1. The first kappa shape index (κ1) is 18.3. The molecule has 0 rings (SSSR count). The van der Waals surface area contributed by atoms with E-state index in [4.69, 9.17) is 23.2 Å². The SMILES string of the molecule is CC(C)N(C(=O)[O-])C(C)C.SC/C(Cl)=C/Cl. The van der Waals surface area contributed by atoms with Gasteiger partial charge in [-0.3, -0.25) is 0 Å². The van der Waals surface area contributed by atoms with Crippen molar-refractivity contribution >= 4 is 41.9 Å². The highest BCUT2D eigenvalue weighted by Crippen LogP contribution is 2.03. The van der Waals surface area contributed by atoms with E-state index >= 15 is 0 Å². The van der Waals surface area contributed by atoms with Crippen molar-refractivity contribution < 1.29 is 9.90 Å². The van der Waals surface area contributed by atoms with Crippen LogP contribution in [0.25, 0.3) is 0 Å². The van der Waals surface area contributed by atoms with E-state index < -0.39 is 6.09 Å². The van der Waals surface area contributed by atoms with Crippen molar-refractivity contribution in [3.63, 3.8) is 0 Å². The molecule has 0 aromatic heterocycles. The molecule has 0 unspecified atom stereocenters. The van der Waals surface area contributed by atoms with Gasteiger partial charge in [0.05, 0.1) is 0 Å². The van der Waals surface area contributed by atoms with Gasteiger partial charge in [-0.15, -0.1) is 0 Å². The van der Waals surface area contributed by atoms with E-state index in [2.05, 4.69) is 12.6 Å². The Bertz CT molecular complexity index is 225. The number of carbonyl (C=O) groups is 1. The Morgan fingerprint density at radius 3 is 1.75 bits per heavy atom. The van der Waals surface area contributed by atoms with E-state index in [0.29, 0.717) is 10.8 Å². The van der Waals surface area contributed by atoms with Crippen molar-refractivity contribution in [2.75, 3.05) is 5.75 Å². The third-order valence-electron chi connectivity index (χ3n) is 1.59. The van der Waals surface area contributed by atoms with Crippen LogP contribution in [-0.4, -0.2) is 28.8 Å². The second kappa shape index (κ2) is 10.1. The lowest BCUT2D eigenvalue weighted by atomic mass is 10.2. The highest BCUT2D eigenvalue weighted by Gasteiger charge is 2.11. The first-order chi connectivity index (χ1) is 7.27. The standard InChI is InChI=1S/C7H15NO2.C3H4Cl2S/c1-5(2)8(6(3)4)7(9)10;4-1-3(5)2-6/h5-6H,1-4H3,(H,9,10);1,6H,2H2/p-1/b;3-1-. The number of rotatable bonds is 3. The smallest absolute Gasteiger partial charge is 0.137 e. The number of halogens is 2. The Hall–Kier alpha value is -0.0600. The summed E-state index contributed by atoms with van der Waals surface area (Å²) in [6.45, 7) is 7.32. The topological polar surface area (TPSA) is 43.4 Å². The number of amides is 1. The highest BCUT2D eigenvalue weighted by molar-refractivity contribution is 7.80. The van der Waals surface area contributed by atoms with Gasteiger partial charge in [0.25, 0.3) is 0 Å². The maximum absolute atomic E-state index is 10.4. The molecule has 0 radical (unpaired) electrons. The molecular weight excluding hydrogens is 269 g/mol. The molecular formula is C10H18Cl2NO2S-. The monoisotopic (exact) mass is 286 g/mol. The maximum Gasteiger partial charge on any atom is 0.137 e. The van der Waals surface area contributed by atoms with Crippen molar-refractivity contribution in [2.24, 2.45) is 0 Å². The molecule has 0 bridgehead atoms. The van der Waals surface area contributed by atoms with Gasteiger partial charge < -0.3 is 14.8 Å². The summed E-state index contributed by atoms with van der Waals surface area (Å²) in [5.74, 6) is 0.519. The van der Waals surface area contributed by atoms with Gasteiger partial charge in [0.15, 0.2) is 0 Å². The molecule has 6 heteroatoms. The zero-order valence-corrected chi connectivity index (χ0v) is 12.3. The molecule has 96 valence electrons. The fourth-order valence-corrected chi connectivity index (χ4v) is 1.33. The lowest BCUT2D eigenvalue weighted by molar-refractivity contribution is -0.269. The van der Waals surface area contributed by atoms with Gasteiger partial charge in [0.2, 0.25) is 0 Å². The molecule has 0 atom stereocenters. The molecule has 0 aliphatic rings. The predicted octanol–water partition coefficient (Wildman–Crippen LogP) is 2.68. The molecule has 0 aromatic carbocycles. The van der Waals surface area contributed by atoms with Crippen LogP contribution >= 0.6 is 35.8 Å². The third-order valence-corrected chi connectivity index (χ3v) is 2.74. The van der Waals surface area contributed by atoms with Gasteiger partial charge >= 0.3 is 0 Å². The van der Waals surface area contributed by atoms with Crippen LogP contribution in [0.15, 0.2) is 10.6 Å². The van der Waals surface area contributed by atoms with Crippen molar-refractivity contribution in [2.45, 2.75) is 39.8 Å². The minimum Gasteiger partial charge on any atom is -0.530 e. The quantitative estimate of drug-likeness (QED) is 0.811. The van der Waals surface area contributed by atoms with Crippen LogP contribution in [0.3, 0.4) is 0 Å². The zero-order valence-electron chi connectivity index (χ0n) is 9.91. The van der Waals surface area contributed by atoms with E-state index in [0.717, 1.165) is 0 Å². The van der Waals surface area contributed by atoms with Crippen LogP contribution in [0.1, 0.15) is 27.7 Å². The summed E-state index contributed by atoms with van der Waals surface area (Å²) in [4.78, 5) is 11.7. The normalized spacial score (nSPS) is 11.2. The van der Waals surface area contributed by atoms with Crippen LogP contribution in [0.5, 0.6) is 0 Å². The summed E-state index contributed by atoms with van der Waals surface area (Å²) < 4.78 is 0. The number of hydrogen-bond acceptors (Lipinski definition) is 3. The van der Waals surface area contributed by atoms with Crippen molar-refractivity contribution in [3.8, 4) is 0 Å². The molecule has 0 saturated carbocycles. The molecule has 0 heterocycles. The summed E-state index contributed by atoms with van der Waals surface area (Å²) in [5, 5.41) is 11.0. The third kappa shape index (κ3) is 9.19. The van der Waals surface area contributed by atoms with Crippen LogP contribution < -0.4 is 5.11 Å². The molecule has 3 nitrogen and oxygen atoms in total. The van der Waals surface area contributed by atoms with E-state index in [9.17, 15) is 9.90 Å². The molecule has 0 aliphatic heterocycles. The Morgan fingerprint density at radius 2 is 1.75 bits per heavy atom. The van der Waals surface area contributed by atoms with Gasteiger partial charge in [0, 0.05) is 28.4 Å². The summed E-state index contributed by atoms with van der Waals surface area (Å²) in [6, 6.07) is 0.00926. The Kier molecular flexibility index (Phi) is 11.6. The minimum absolute atomic E-state index is 0.00463. The molecule has 0 aliphatic carbocycles. The van der Waals surface area contributed by atoms with Crippen molar-refractivity contribution in [1.29, 1.82) is 0 Å². The minimum atomic E-state index is -1.09. The molecule has 0 aromatic rings. The molecule has 0 spiro atoms. The average Bonchev–Trinajstić information content (AvgIpc) is 2.15. The second-order valence-electron chi connectivity index (χ2n) is 3.57. The number of carboxylic acid groups (broad SMARTS) is 1. The van der Waals surface area contributed by atoms with Gasteiger partial charge in [-0.05, 0) is 27.7 Å². The van der Waals surface area contributed by atoms with E-state index in [1.807, 2.05) is 27.7 Å². The molecule has 0 saturated heterocycles. The highest BCUT2D eigenvalue weighted by atomic mass is 35.5. The summed E-state index contributed by atoms with van der Waals surface area (Å²) >= 11 is 14.2. The summed E-state index contributed by atoms with van der Waals surface area (Å²) in [6.07, 6.45) is -1.09. The number of hydrogen-bond donors (Lipinski definition) is 1. The number of nitrogens with zero attached hydrogens (tertiary/aromatic N) is 1. The van der Waals surface area contributed by atoms with Gasteiger partial charge in [-0.1, -0.05) is 23.2 Å². The summed E-state index contributed by atoms with van der Waals surface area (Å²) in [5.41, 5.74) is 1.30. The van der Waals surface area contributed by atoms with E-state index in [1.165, 1.54) is 10.4 Å². The fourth-order valence-electron chi connectivity index (χ4n) is 1.05. The lowest BCUT2D eigenvalue weighted by Crippen LogP contribution is -2.48. The fraction of sp³-hybridized carbons (Fsp3) is 0.700. The first-order valence-electron chi connectivity index (χ1n) is 4.82. The molecule has 1 amide bonds. The van der Waals surface area contributed by atoms with Crippen molar-refractivity contribution in [3.05, 3.63) is 10.6 Å². The molecule has 0 N–H and O–H groups in total. The van der Waals surface area contributed by atoms with Crippen LogP contribution in [0.2, 0.25) is 0 Å². The Labute approximate surface area is 113 Å². The Balaban J connectivity index is 0.